The van der Waals surface area contributed by atoms with Crippen LogP contribution in [-0.4, -0.2) is 17.1 Å². The molecule has 1 heterocycles. The van der Waals surface area contributed by atoms with Crippen LogP contribution in [0, 0.1) is 6.92 Å². The lowest BCUT2D eigenvalue weighted by molar-refractivity contribution is -0.138. The summed E-state index contributed by atoms with van der Waals surface area (Å²) < 4.78 is 7.12. The molecule has 3 heteroatoms. The molecule has 2 rings (SSSR count). The van der Waals surface area contributed by atoms with Gasteiger partial charge in [-0.2, -0.15) is 0 Å². The lowest BCUT2D eigenvalue weighted by atomic mass is 10.1. The fourth-order valence-corrected chi connectivity index (χ4v) is 2.32. The Balaban J connectivity index is 2.52. The third-order valence-electron chi connectivity index (χ3n) is 3.37. The molecule has 0 amide bonds. The van der Waals surface area contributed by atoms with Crippen LogP contribution in [0.4, 0.5) is 0 Å². The zero-order chi connectivity index (χ0) is 14.0. The van der Waals surface area contributed by atoms with Crippen molar-refractivity contribution in [2.75, 3.05) is 6.61 Å². The molecule has 0 radical (unpaired) electrons. The Morgan fingerprint density at radius 2 is 2.05 bits per heavy atom. The molecule has 3 nitrogen and oxygen atoms in total. The van der Waals surface area contributed by atoms with E-state index in [1.54, 1.807) is 6.92 Å². The third-order valence-corrected chi connectivity index (χ3v) is 3.37. The fourth-order valence-electron chi connectivity index (χ4n) is 2.32. The van der Waals surface area contributed by atoms with E-state index in [-0.39, 0.29) is 5.97 Å². The first-order valence-electron chi connectivity index (χ1n) is 6.45. The van der Waals surface area contributed by atoms with Gasteiger partial charge in [-0.15, -0.1) is 0 Å². The molecule has 1 aromatic heterocycles. The van der Waals surface area contributed by atoms with Crippen molar-refractivity contribution in [3.05, 3.63) is 41.1 Å². The van der Waals surface area contributed by atoms with E-state index in [0.717, 1.165) is 5.69 Å². The second-order valence-corrected chi connectivity index (χ2v) is 4.63. The van der Waals surface area contributed by atoms with Gasteiger partial charge in [0.2, 0.25) is 0 Å². The van der Waals surface area contributed by atoms with Crippen LogP contribution in [0.1, 0.15) is 25.1 Å². The number of aromatic nitrogens is 1. The molecule has 0 saturated carbocycles. The molecule has 2 aromatic rings. The van der Waals surface area contributed by atoms with Crippen molar-refractivity contribution in [2.45, 2.75) is 20.8 Å². The lowest BCUT2D eigenvalue weighted by Gasteiger charge is -2.04. The molecular formula is C16H19NO2. The number of ether oxygens (including phenoxy) is 1. The zero-order valence-corrected chi connectivity index (χ0v) is 11.9. The summed E-state index contributed by atoms with van der Waals surface area (Å²) in [6, 6.07) is 8.23. The van der Waals surface area contributed by atoms with Crippen molar-refractivity contribution in [3.8, 4) is 0 Å². The van der Waals surface area contributed by atoms with Gasteiger partial charge >= 0.3 is 5.97 Å². The number of hydrogen-bond acceptors (Lipinski definition) is 2. The third kappa shape index (κ3) is 2.41. The Hall–Kier alpha value is -2.03. The normalized spacial score (nSPS) is 11.9. The monoisotopic (exact) mass is 257 g/mol. The van der Waals surface area contributed by atoms with Crippen LogP contribution in [0.3, 0.4) is 0 Å². The number of nitrogens with zero attached hydrogens (tertiary/aromatic N) is 1. The van der Waals surface area contributed by atoms with Gasteiger partial charge in [-0.1, -0.05) is 18.2 Å². The Labute approximate surface area is 113 Å². The molecule has 0 N–H and O–H groups in total. The van der Waals surface area contributed by atoms with Gasteiger partial charge in [0.15, 0.2) is 0 Å². The molecule has 0 aliphatic heterocycles. The maximum Gasteiger partial charge on any atom is 0.333 e. The maximum atomic E-state index is 11.7. The molecule has 0 fully saturated rings. The lowest BCUT2D eigenvalue weighted by Crippen LogP contribution is -2.05. The fraction of sp³-hybridized carbons (Fsp3) is 0.312. The van der Waals surface area contributed by atoms with Crippen molar-refractivity contribution >= 4 is 22.9 Å². The van der Waals surface area contributed by atoms with E-state index < -0.39 is 0 Å². The van der Waals surface area contributed by atoms with Crippen molar-refractivity contribution < 1.29 is 9.53 Å². The van der Waals surface area contributed by atoms with E-state index >= 15 is 0 Å². The zero-order valence-electron chi connectivity index (χ0n) is 11.9. The summed E-state index contributed by atoms with van der Waals surface area (Å²) in [6.07, 6.45) is 1.90. The minimum absolute atomic E-state index is 0.257. The van der Waals surface area contributed by atoms with Crippen LogP contribution >= 0.6 is 0 Å². The number of para-hydroxylation sites is 1. The van der Waals surface area contributed by atoms with Gasteiger partial charge in [0.25, 0.3) is 0 Å². The van der Waals surface area contributed by atoms with Crippen LogP contribution in [0.2, 0.25) is 0 Å². The van der Waals surface area contributed by atoms with Crippen LogP contribution in [-0.2, 0) is 16.6 Å². The quantitative estimate of drug-likeness (QED) is 0.623. The number of aryl methyl sites for hydroxylation is 2. The highest BCUT2D eigenvalue weighted by Crippen LogP contribution is 2.26. The minimum Gasteiger partial charge on any atom is -0.463 e. The molecule has 0 aliphatic rings. The Kier molecular flexibility index (Phi) is 3.74. The van der Waals surface area contributed by atoms with E-state index in [9.17, 15) is 4.79 Å². The Bertz CT molecular complexity index is 611. The van der Waals surface area contributed by atoms with E-state index in [0.29, 0.717) is 12.2 Å². The smallest absolute Gasteiger partial charge is 0.333 e. The van der Waals surface area contributed by atoms with E-state index in [2.05, 4.69) is 23.6 Å². The van der Waals surface area contributed by atoms with Gasteiger partial charge in [0.05, 0.1) is 6.61 Å². The molecule has 0 bridgehead atoms. The second-order valence-electron chi connectivity index (χ2n) is 4.63. The van der Waals surface area contributed by atoms with Crippen LogP contribution in [0.25, 0.3) is 17.0 Å². The van der Waals surface area contributed by atoms with E-state index in [1.807, 2.05) is 32.2 Å². The van der Waals surface area contributed by atoms with Gasteiger partial charge < -0.3 is 9.30 Å². The van der Waals surface area contributed by atoms with Crippen LogP contribution in [0.5, 0.6) is 0 Å². The first-order chi connectivity index (χ1) is 9.06. The number of rotatable bonds is 3. The Morgan fingerprint density at radius 1 is 1.37 bits per heavy atom. The minimum atomic E-state index is -0.257. The molecule has 1 aromatic carbocycles. The summed E-state index contributed by atoms with van der Waals surface area (Å²) >= 11 is 0. The largest absolute Gasteiger partial charge is 0.463 e. The average Bonchev–Trinajstić information content (AvgIpc) is 2.65. The average molecular weight is 257 g/mol. The number of benzene rings is 1. The highest BCUT2D eigenvalue weighted by molar-refractivity contribution is 5.95. The molecule has 100 valence electrons. The molecule has 0 spiro atoms. The predicted octanol–water partition coefficient (Wildman–Crippen LogP) is 3.45. The SMILES string of the molecule is CCOC(=O)/C(C)=C/c1c(C)c2ccccc2n1C. The molecule has 19 heavy (non-hydrogen) atoms. The first-order valence-corrected chi connectivity index (χ1v) is 6.45. The standard InChI is InChI=1S/C16H19NO2/c1-5-19-16(18)11(2)10-15-12(3)13-8-6-7-9-14(13)17(15)4/h6-10H,5H2,1-4H3/b11-10+. The van der Waals surface area contributed by atoms with E-state index in [4.69, 9.17) is 4.74 Å². The summed E-state index contributed by atoms with van der Waals surface area (Å²) in [4.78, 5) is 11.7. The van der Waals surface area contributed by atoms with Gasteiger partial charge in [-0.3, -0.25) is 0 Å². The molecule has 0 saturated heterocycles. The Morgan fingerprint density at radius 3 is 2.68 bits per heavy atom. The predicted molar refractivity (Wildman–Crippen MR) is 77.9 cm³/mol. The van der Waals surface area contributed by atoms with Crippen molar-refractivity contribution in [3.63, 3.8) is 0 Å². The molecule has 0 unspecified atom stereocenters. The molecule has 0 aliphatic carbocycles. The summed E-state index contributed by atoms with van der Waals surface area (Å²) in [7, 11) is 2.01. The number of hydrogen-bond donors (Lipinski definition) is 0. The second kappa shape index (κ2) is 5.31. The summed E-state index contributed by atoms with van der Waals surface area (Å²) in [5.41, 5.74) is 4.02. The maximum absolute atomic E-state index is 11.7. The number of carbonyl (C=O) groups is 1. The number of carbonyl (C=O) groups excluding carboxylic acids is 1. The summed E-state index contributed by atoms with van der Waals surface area (Å²) in [5, 5.41) is 1.22. The van der Waals surface area contributed by atoms with Crippen LogP contribution in [0.15, 0.2) is 29.8 Å². The molecular weight excluding hydrogens is 238 g/mol. The highest BCUT2D eigenvalue weighted by atomic mass is 16.5. The molecule has 0 atom stereocenters. The topological polar surface area (TPSA) is 31.2 Å². The van der Waals surface area contributed by atoms with Crippen molar-refractivity contribution in [1.29, 1.82) is 0 Å². The highest BCUT2D eigenvalue weighted by Gasteiger charge is 2.11. The van der Waals surface area contributed by atoms with Crippen molar-refractivity contribution in [2.24, 2.45) is 7.05 Å². The van der Waals surface area contributed by atoms with E-state index in [1.165, 1.54) is 16.5 Å². The van der Waals surface area contributed by atoms with Crippen molar-refractivity contribution in [1.82, 2.24) is 4.57 Å². The first kappa shape index (κ1) is 13.4. The summed E-state index contributed by atoms with van der Waals surface area (Å²) in [5.74, 6) is -0.257. The summed E-state index contributed by atoms with van der Waals surface area (Å²) in [6.45, 7) is 6.08. The van der Waals surface area contributed by atoms with Gasteiger partial charge in [-0.25, -0.2) is 4.79 Å². The van der Waals surface area contributed by atoms with Gasteiger partial charge in [0.1, 0.15) is 0 Å². The number of esters is 1. The van der Waals surface area contributed by atoms with Gasteiger partial charge in [-0.05, 0) is 38.5 Å². The van der Waals surface area contributed by atoms with Crippen LogP contribution < -0.4 is 0 Å². The number of fused-ring (bicyclic) bond motifs is 1. The van der Waals surface area contributed by atoms with Gasteiger partial charge in [0, 0.05) is 29.2 Å².